The molecule has 1 aromatic rings. The first-order valence-electron chi connectivity index (χ1n) is 3.66. The molecule has 0 saturated carbocycles. The minimum absolute atomic E-state index is 0.255. The average molecular weight is 168 g/mol. The molecule has 3 heteroatoms. The van der Waals surface area contributed by atoms with Crippen molar-refractivity contribution in [3.63, 3.8) is 0 Å². The van der Waals surface area contributed by atoms with Gasteiger partial charge in [0.15, 0.2) is 0 Å². The van der Waals surface area contributed by atoms with E-state index in [-0.39, 0.29) is 5.82 Å². The van der Waals surface area contributed by atoms with Gasteiger partial charge in [-0.15, -0.1) is 6.54 Å². The summed E-state index contributed by atoms with van der Waals surface area (Å²) in [6, 6.07) is 4.42. The van der Waals surface area contributed by atoms with E-state index in [1.807, 2.05) is 0 Å². The second kappa shape index (κ2) is 4.07. The molecule has 0 heterocycles. The number of rotatable bonds is 3. The highest BCUT2D eigenvalue weighted by Gasteiger charge is 1.99. The molecular weight excluding hydrogens is 157 g/mol. The van der Waals surface area contributed by atoms with E-state index in [1.165, 1.54) is 12.1 Å². The lowest BCUT2D eigenvalue weighted by atomic mass is 10.2. The highest BCUT2D eigenvalue weighted by atomic mass is 19.1. The maximum absolute atomic E-state index is 12.7. The van der Waals surface area contributed by atoms with Gasteiger partial charge in [0.1, 0.15) is 11.6 Å². The number of ether oxygens (including phenoxy) is 1. The van der Waals surface area contributed by atoms with Crippen LogP contribution in [0.15, 0.2) is 18.2 Å². The molecule has 0 fully saturated rings. The van der Waals surface area contributed by atoms with Crippen LogP contribution in [0.25, 0.3) is 5.32 Å². The van der Waals surface area contributed by atoms with Crippen molar-refractivity contribution in [3.8, 4) is 5.75 Å². The van der Waals surface area contributed by atoms with Crippen LogP contribution in [-0.2, 0) is 6.54 Å². The van der Waals surface area contributed by atoms with Crippen molar-refractivity contribution in [1.29, 1.82) is 0 Å². The third-order valence-electron chi connectivity index (χ3n) is 1.57. The number of hydrogen-bond acceptors (Lipinski definition) is 1. The number of nitrogens with zero attached hydrogens (tertiary/aromatic N) is 1. The Labute approximate surface area is 71.4 Å². The van der Waals surface area contributed by atoms with Gasteiger partial charge in [-0.2, -0.15) is 7.05 Å². The van der Waals surface area contributed by atoms with Crippen LogP contribution in [0, 0.1) is 5.82 Å². The van der Waals surface area contributed by atoms with Crippen molar-refractivity contribution >= 4 is 0 Å². The fourth-order valence-electron chi connectivity index (χ4n) is 1.04. The maximum Gasteiger partial charge on any atom is 0.123 e. The summed E-state index contributed by atoms with van der Waals surface area (Å²) in [6.45, 7) is 0.487. The van der Waals surface area contributed by atoms with E-state index in [4.69, 9.17) is 4.74 Å². The fraction of sp³-hybridized carbons (Fsp3) is 0.333. The Hall–Kier alpha value is -1.09. The van der Waals surface area contributed by atoms with Crippen LogP contribution in [-0.4, -0.2) is 14.2 Å². The van der Waals surface area contributed by atoms with E-state index in [9.17, 15) is 4.39 Å². The van der Waals surface area contributed by atoms with Crippen LogP contribution < -0.4 is 4.74 Å². The van der Waals surface area contributed by atoms with E-state index < -0.39 is 0 Å². The predicted molar refractivity (Wildman–Crippen MR) is 45.9 cm³/mol. The zero-order valence-corrected chi connectivity index (χ0v) is 7.17. The Morgan fingerprint density at radius 3 is 2.83 bits per heavy atom. The molecular formula is C9H11FNO-. The maximum atomic E-state index is 12.7. The molecule has 0 aromatic heterocycles. The standard InChI is InChI=1S/C9H11FNO/c1-11-6-7-5-8(10)3-4-9(7)12-2/h3-5H,6H2,1-2H3/q-1. The normalized spacial score (nSPS) is 9.92. The molecule has 0 bridgehead atoms. The molecule has 0 spiro atoms. The number of hydrogen-bond donors (Lipinski definition) is 0. The average Bonchev–Trinajstić information content (AvgIpc) is 2.05. The molecule has 0 radical (unpaired) electrons. The number of halogens is 1. The minimum atomic E-state index is -0.255. The van der Waals surface area contributed by atoms with E-state index in [1.54, 1.807) is 20.2 Å². The van der Waals surface area contributed by atoms with Crippen molar-refractivity contribution in [2.24, 2.45) is 0 Å². The van der Waals surface area contributed by atoms with Gasteiger partial charge >= 0.3 is 0 Å². The molecule has 12 heavy (non-hydrogen) atoms. The lowest BCUT2D eigenvalue weighted by Crippen LogP contribution is -1.92. The minimum Gasteiger partial charge on any atom is -0.661 e. The van der Waals surface area contributed by atoms with Crippen LogP contribution >= 0.6 is 0 Å². The SMILES string of the molecule is C[N-]Cc1cc(F)ccc1OC. The van der Waals surface area contributed by atoms with Gasteiger partial charge in [0.2, 0.25) is 0 Å². The quantitative estimate of drug-likeness (QED) is 0.679. The van der Waals surface area contributed by atoms with Gasteiger partial charge < -0.3 is 10.1 Å². The molecule has 2 nitrogen and oxygen atoms in total. The lowest BCUT2D eigenvalue weighted by molar-refractivity contribution is 0.409. The van der Waals surface area contributed by atoms with E-state index >= 15 is 0 Å². The fourth-order valence-corrected chi connectivity index (χ4v) is 1.04. The summed E-state index contributed by atoms with van der Waals surface area (Å²) < 4.78 is 17.7. The first-order valence-corrected chi connectivity index (χ1v) is 3.66. The monoisotopic (exact) mass is 168 g/mol. The van der Waals surface area contributed by atoms with E-state index in [0.29, 0.717) is 12.3 Å². The van der Waals surface area contributed by atoms with Crippen molar-refractivity contribution < 1.29 is 9.13 Å². The molecule has 0 aliphatic rings. The first-order chi connectivity index (χ1) is 5.77. The summed E-state index contributed by atoms with van der Waals surface area (Å²) in [5.41, 5.74) is 0.778. The Bertz CT molecular complexity index is 263. The van der Waals surface area contributed by atoms with Crippen LogP contribution in [0.5, 0.6) is 5.75 Å². The Balaban J connectivity index is 2.95. The molecule has 0 saturated heterocycles. The summed E-state index contributed by atoms with van der Waals surface area (Å²) in [6.07, 6.45) is 0. The second-order valence-corrected chi connectivity index (χ2v) is 2.43. The molecule has 0 N–H and O–H groups in total. The summed E-state index contributed by atoms with van der Waals surface area (Å²) in [5, 5.41) is 3.91. The molecule has 1 aromatic carbocycles. The van der Waals surface area contributed by atoms with E-state index in [0.717, 1.165) is 5.56 Å². The predicted octanol–water partition coefficient (Wildman–Crippen LogP) is 2.34. The molecule has 1 rings (SSSR count). The Morgan fingerprint density at radius 2 is 2.25 bits per heavy atom. The zero-order valence-electron chi connectivity index (χ0n) is 7.17. The molecule has 0 aliphatic carbocycles. The molecule has 0 amide bonds. The van der Waals surface area contributed by atoms with Crippen molar-refractivity contribution in [3.05, 3.63) is 34.9 Å². The summed E-state index contributed by atoms with van der Waals surface area (Å²) in [7, 11) is 3.25. The smallest absolute Gasteiger partial charge is 0.123 e. The summed E-state index contributed by atoms with van der Waals surface area (Å²) in [4.78, 5) is 0. The highest BCUT2D eigenvalue weighted by molar-refractivity contribution is 5.35. The summed E-state index contributed by atoms with van der Waals surface area (Å²) in [5.74, 6) is 0.427. The van der Waals surface area contributed by atoms with Crippen LogP contribution in [0.1, 0.15) is 5.56 Å². The van der Waals surface area contributed by atoms with Crippen molar-refractivity contribution in [1.82, 2.24) is 0 Å². The van der Waals surface area contributed by atoms with Gasteiger partial charge in [-0.05, 0) is 23.8 Å². The third-order valence-corrected chi connectivity index (χ3v) is 1.57. The van der Waals surface area contributed by atoms with Gasteiger partial charge in [0.25, 0.3) is 0 Å². The van der Waals surface area contributed by atoms with E-state index in [2.05, 4.69) is 5.32 Å². The largest absolute Gasteiger partial charge is 0.661 e. The van der Waals surface area contributed by atoms with Gasteiger partial charge in [0.05, 0.1) is 7.11 Å². The molecule has 66 valence electrons. The topological polar surface area (TPSA) is 23.3 Å². The lowest BCUT2D eigenvalue weighted by Gasteiger charge is -2.14. The van der Waals surface area contributed by atoms with Gasteiger partial charge in [-0.1, -0.05) is 0 Å². The van der Waals surface area contributed by atoms with Crippen LogP contribution in [0.4, 0.5) is 4.39 Å². The Kier molecular flexibility index (Phi) is 3.05. The highest BCUT2D eigenvalue weighted by Crippen LogP contribution is 2.20. The Morgan fingerprint density at radius 1 is 1.50 bits per heavy atom. The first kappa shape index (κ1) is 9.00. The van der Waals surface area contributed by atoms with Gasteiger partial charge in [-0.25, -0.2) is 4.39 Å². The molecule has 0 atom stereocenters. The van der Waals surface area contributed by atoms with Crippen LogP contribution in [0.2, 0.25) is 0 Å². The summed E-state index contributed by atoms with van der Waals surface area (Å²) >= 11 is 0. The number of methoxy groups -OCH3 is 1. The van der Waals surface area contributed by atoms with Crippen LogP contribution in [0.3, 0.4) is 0 Å². The van der Waals surface area contributed by atoms with Gasteiger partial charge in [0, 0.05) is 0 Å². The second-order valence-electron chi connectivity index (χ2n) is 2.43. The molecule has 0 unspecified atom stereocenters. The van der Waals surface area contributed by atoms with Gasteiger partial charge in [-0.3, -0.25) is 0 Å². The number of benzene rings is 1. The third kappa shape index (κ3) is 1.95. The zero-order chi connectivity index (χ0) is 8.97. The van der Waals surface area contributed by atoms with Crippen molar-refractivity contribution in [2.45, 2.75) is 6.54 Å². The van der Waals surface area contributed by atoms with Crippen molar-refractivity contribution in [2.75, 3.05) is 14.2 Å². The molecule has 0 aliphatic heterocycles.